The van der Waals surface area contributed by atoms with Gasteiger partial charge in [-0.2, -0.15) is 0 Å². The molecular weight excluding hydrogens is 332 g/mol. The molecule has 0 radical (unpaired) electrons. The largest absolute Gasteiger partial charge is 0.144 e. The van der Waals surface area contributed by atoms with Gasteiger partial charge in [0.1, 0.15) is 0 Å². The molecular formula is C25H18S. The van der Waals surface area contributed by atoms with E-state index in [2.05, 4.69) is 96.4 Å². The van der Waals surface area contributed by atoms with Crippen molar-refractivity contribution in [1.82, 2.24) is 0 Å². The maximum Gasteiger partial charge on any atom is 0.0305 e. The van der Waals surface area contributed by atoms with E-state index >= 15 is 0 Å². The van der Waals surface area contributed by atoms with Gasteiger partial charge in [-0.3, -0.25) is 0 Å². The van der Waals surface area contributed by atoms with Gasteiger partial charge in [0, 0.05) is 11.3 Å². The van der Waals surface area contributed by atoms with Gasteiger partial charge in [-0.25, -0.2) is 0 Å². The lowest BCUT2D eigenvalue weighted by molar-refractivity contribution is 1.33. The van der Waals surface area contributed by atoms with Crippen LogP contribution in [0.2, 0.25) is 0 Å². The Morgan fingerprint density at radius 3 is 2.15 bits per heavy atom. The second-order valence-electron chi connectivity index (χ2n) is 6.64. The Bertz CT molecular complexity index is 1070. The zero-order chi connectivity index (χ0) is 17.3. The molecule has 1 aliphatic rings. The first-order valence-electron chi connectivity index (χ1n) is 8.91. The summed E-state index contributed by atoms with van der Waals surface area (Å²) in [4.78, 5) is 1.38. The third-order valence-electron chi connectivity index (χ3n) is 5.05. The molecule has 1 heteroatoms. The number of benzene rings is 3. The molecule has 0 N–H and O–H groups in total. The molecule has 1 aromatic heterocycles. The minimum Gasteiger partial charge on any atom is -0.144 e. The van der Waals surface area contributed by atoms with E-state index in [-0.39, 0.29) is 0 Å². The first-order valence-corrected chi connectivity index (χ1v) is 9.79. The Labute approximate surface area is 158 Å². The van der Waals surface area contributed by atoms with Gasteiger partial charge in [0.2, 0.25) is 0 Å². The maximum atomic E-state index is 2.35. The van der Waals surface area contributed by atoms with Crippen LogP contribution in [0.4, 0.5) is 0 Å². The molecule has 0 saturated heterocycles. The Morgan fingerprint density at radius 2 is 1.38 bits per heavy atom. The van der Waals surface area contributed by atoms with E-state index in [1.807, 2.05) is 11.3 Å². The molecule has 0 spiro atoms. The predicted octanol–water partition coefficient (Wildman–Crippen LogP) is 7.18. The van der Waals surface area contributed by atoms with Crippen LogP contribution in [0.3, 0.4) is 0 Å². The van der Waals surface area contributed by atoms with Gasteiger partial charge in [0.15, 0.2) is 0 Å². The van der Waals surface area contributed by atoms with Crippen LogP contribution < -0.4 is 0 Å². The minimum absolute atomic E-state index is 1.02. The van der Waals surface area contributed by atoms with Crippen molar-refractivity contribution in [3.63, 3.8) is 0 Å². The normalized spacial score (nSPS) is 12.7. The Hall–Kier alpha value is -2.90. The SMILES string of the molecule is C1=C(c2cccs2)Cc2c1cccc2-c1ccc(-c2ccccc2)cc1. The van der Waals surface area contributed by atoms with Crippen molar-refractivity contribution in [2.75, 3.05) is 0 Å². The molecule has 0 bridgehead atoms. The topological polar surface area (TPSA) is 0 Å². The molecule has 124 valence electrons. The third kappa shape index (κ3) is 2.71. The molecule has 0 unspecified atom stereocenters. The standard InChI is InChI=1S/C25H18S/c1-2-6-18(7-3-1)19-11-13-20(14-12-19)23-9-4-8-21-16-22(17-24(21)23)25-10-5-15-26-25/h1-16H,17H2. The van der Waals surface area contributed by atoms with E-state index in [0.717, 1.165) is 6.42 Å². The second kappa shape index (κ2) is 6.44. The van der Waals surface area contributed by atoms with Crippen LogP contribution in [0.15, 0.2) is 90.3 Å². The van der Waals surface area contributed by atoms with Crippen LogP contribution >= 0.6 is 11.3 Å². The number of hydrogen-bond acceptors (Lipinski definition) is 1. The lowest BCUT2D eigenvalue weighted by Crippen LogP contribution is -1.90. The fourth-order valence-corrected chi connectivity index (χ4v) is 4.47. The number of hydrogen-bond donors (Lipinski definition) is 0. The third-order valence-corrected chi connectivity index (χ3v) is 6.00. The summed E-state index contributed by atoms with van der Waals surface area (Å²) in [6.45, 7) is 0. The molecule has 26 heavy (non-hydrogen) atoms. The van der Waals surface area contributed by atoms with Crippen molar-refractivity contribution in [2.24, 2.45) is 0 Å². The average Bonchev–Trinajstić information content (AvgIpc) is 3.38. The molecule has 0 aliphatic heterocycles. The number of thiophene rings is 1. The molecule has 1 heterocycles. The monoisotopic (exact) mass is 350 g/mol. The first-order chi connectivity index (χ1) is 12.9. The lowest BCUT2D eigenvalue weighted by atomic mass is 9.94. The predicted molar refractivity (Wildman–Crippen MR) is 113 cm³/mol. The highest BCUT2D eigenvalue weighted by molar-refractivity contribution is 7.11. The highest BCUT2D eigenvalue weighted by Crippen LogP contribution is 2.39. The van der Waals surface area contributed by atoms with Gasteiger partial charge in [-0.05, 0) is 56.5 Å². The van der Waals surface area contributed by atoms with E-state index in [1.165, 1.54) is 43.8 Å². The summed E-state index contributed by atoms with van der Waals surface area (Å²) in [5, 5.41) is 2.16. The van der Waals surface area contributed by atoms with Crippen molar-refractivity contribution in [3.05, 3.63) is 106 Å². The van der Waals surface area contributed by atoms with Crippen molar-refractivity contribution >= 4 is 23.0 Å². The van der Waals surface area contributed by atoms with Gasteiger partial charge < -0.3 is 0 Å². The Morgan fingerprint density at radius 1 is 0.615 bits per heavy atom. The highest BCUT2D eigenvalue weighted by Gasteiger charge is 2.18. The van der Waals surface area contributed by atoms with Crippen LogP contribution in [-0.4, -0.2) is 0 Å². The molecule has 1 aliphatic carbocycles. The van der Waals surface area contributed by atoms with Crippen molar-refractivity contribution in [1.29, 1.82) is 0 Å². The van der Waals surface area contributed by atoms with Gasteiger partial charge in [0.25, 0.3) is 0 Å². The van der Waals surface area contributed by atoms with E-state index in [1.54, 1.807) is 0 Å². The highest BCUT2D eigenvalue weighted by atomic mass is 32.1. The molecule has 0 amide bonds. The molecule has 0 atom stereocenters. The van der Waals surface area contributed by atoms with Crippen LogP contribution in [-0.2, 0) is 6.42 Å². The van der Waals surface area contributed by atoms with Crippen LogP contribution in [0.5, 0.6) is 0 Å². The van der Waals surface area contributed by atoms with Crippen LogP contribution in [0.25, 0.3) is 33.9 Å². The fraction of sp³-hybridized carbons (Fsp3) is 0.0400. The van der Waals surface area contributed by atoms with Crippen LogP contribution in [0, 0.1) is 0 Å². The summed E-state index contributed by atoms with van der Waals surface area (Å²) in [5.74, 6) is 0. The summed E-state index contributed by atoms with van der Waals surface area (Å²) in [5.41, 5.74) is 9.41. The van der Waals surface area contributed by atoms with Crippen LogP contribution in [0.1, 0.15) is 16.0 Å². The molecule has 0 nitrogen and oxygen atoms in total. The van der Waals surface area contributed by atoms with Crippen molar-refractivity contribution in [2.45, 2.75) is 6.42 Å². The quantitative estimate of drug-likeness (QED) is 0.367. The van der Waals surface area contributed by atoms with Crippen molar-refractivity contribution < 1.29 is 0 Å². The number of allylic oxidation sites excluding steroid dienone is 1. The summed E-state index contributed by atoms with van der Waals surface area (Å²) < 4.78 is 0. The van der Waals surface area contributed by atoms with E-state index < -0.39 is 0 Å². The summed E-state index contributed by atoms with van der Waals surface area (Å²) in [7, 11) is 0. The molecule has 0 fully saturated rings. The second-order valence-corrected chi connectivity index (χ2v) is 7.59. The number of fused-ring (bicyclic) bond motifs is 1. The zero-order valence-electron chi connectivity index (χ0n) is 14.4. The molecule has 4 aromatic rings. The summed E-state index contributed by atoms with van der Waals surface area (Å²) >= 11 is 1.82. The Balaban J connectivity index is 1.50. The smallest absolute Gasteiger partial charge is 0.0305 e. The lowest BCUT2D eigenvalue weighted by Gasteiger charge is -2.10. The van der Waals surface area contributed by atoms with E-state index in [4.69, 9.17) is 0 Å². The van der Waals surface area contributed by atoms with Gasteiger partial charge in [0.05, 0.1) is 0 Å². The van der Waals surface area contributed by atoms with E-state index in [0.29, 0.717) is 0 Å². The number of rotatable bonds is 3. The fourth-order valence-electron chi connectivity index (χ4n) is 3.73. The first kappa shape index (κ1) is 15.4. The Kier molecular flexibility index (Phi) is 3.80. The van der Waals surface area contributed by atoms with Gasteiger partial charge >= 0.3 is 0 Å². The average molecular weight is 350 g/mol. The summed E-state index contributed by atoms with van der Waals surface area (Å²) in [6.07, 6.45) is 3.37. The van der Waals surface area contributed by atoms with E-state index in [9.17, 15) is 0 Å². The van der Waals surface area contributed by atoms with Gasteiger partial charge in [-0.1, -0.05) is 78.9 Å². The molecule has 3 aromatic carbocycles. The van der Waals surface area contributed by atoms with Gasteiger partial charge in [-0.15, -0.1) is 11.3 Å². The summed E-state index contributed by atoms with van der Waals surface area (Å²) in [6, 6.07) is 30.5. The molecule has 5 rings (SSSR count). The maximum absolute atomic E-state index is 2.35. The van der Waals surface area contributed by atoms with Crippen molar-refractivity contribution in [3.8, 4) is 22.3 Å². The minimum atomic E-state index is 1.02. The zero-order valence-corrected chi connectivity index (χ0v) is 15.2. The molecule has 0 saturated carbocycles.